The number of amides is 1. The number of halogens is 1. The Morgan fingerprint density at radius 3 is 2.00 bits per heavy atom. The average molecular weight is 364 g/mol. The Hall–Kier alpha value is -3.28. The van der Waals surface area contributed by atoms with Gasteiger partial charge in [-0.15, -0.1) is 0 Å². The van der Waals surface area contributed by atoms with E-state index in [0.29, 0.717) is 22.9 Å². The lowest BCUT2D eigenvalue weighted by Gasteiger charge is -2.19. The molecule has 0 unspecified atom stereocenters. The quantitative estimate of drug-likeness (QED) is 0.690. The normalized spacial score (nSPS) is 11.1. The van der Waals surface area contributed by atoms with Crippen LogP contribution in [0.2, 0.25) is 0 Å². The molecule has 0 aliphatic carbocycles. The molecule has 1 aromatic heterocycles. The molecular weight excluding hydrogens is 343 g/mol. The third kappa shape index (κ3) is 4.88. The van der Waals surface area contributed by atoms with Crippen LogP contribution in [0.15, 0.2) is 60.9 Å². The zero-order valence-electron chi connectivity index (χ0n) is 15.5. The minimum absolute atomic E-state index is 0.0593. The van der Waals surface area contributed by atoms with Gasteiger partial charge in [0, 0.05) is 23.8 Å². The smallest absolute Gasteiger partial charge is 0.258 e. The van der Waals surface area contributed by atoms with Gasteiger partial charge in [-0.1, -0.05) is 32.9 Å². The van der Waals surface area contributed by atoms with Crippen molar-refractivity contribution in [2.75, 3.05) is 10.6 Å². The maximum absolute atomic E-state index is 12.9. The Morgan fingerprint density at radius 2 is 1.44 bits per heavy atom. The number of hydrogen-bond donors (Lipinski definition) is 2. The molecule has 138 valence electrons. The summed E-state index contributed by atoms with van der Waals surface area (Å²) in [7, 11) is 0. The molecule has 3 rings (SSSR count). The number of anilines is 3. The van der Waals surface area contributed by atoms with E-state index in [0.717, 1.165) is 0 Å². The number of aromatic nitrogens is 2. The van der Waals surface area contributed by atoms with Crippen molar-refractivity contribution in [3.8, 4) is 0 Å². The Balaban J connectivity index is 1.64. The third-order valence-electron chi connectivity index (χ3n) is 4.02. The average Bonchev–Trinajstić information content (AvgIpc) is 2.64. The molecule has 2 N–H and O–H groups in total. The van der Waals surface area contributed by atoms with Gasteiger partial charge in [-0.05, 0) is 47.4 Å². The van der Waals surface area contributed by atoms with Gasteiger partial charge in [0.25, 0.3) is 5.91 Å². The molecule has 6 heteroatoms. The van der Waals surface area contributed by atoms with Gasteiger partial charge in [-0.2, -0.15) is 0 Å². The van der Waals surface area contributed by atoms with E-state index < -0.39 is 0 Å². The maximum atomic E-state index is 12.9. The van der Waals surface area contributed by atoms with Gasteiger partial charge in [-0.3, -0.25) is 4.79 Å². The lowest BCUT2D eigenvalue weighted by molar-refractivity contribution is 0.102. The third-order valence-corrected chi connectivity index (χ3v) is 4.02. The van der Waals surface area contributed by atoms with Crippen LogP contribution in [-0.4, -0.2) is 15.9 Å². The largest absolute Gasteiger partial charge is 0.324 e. The zero-order valence-corrected chi connectivity index (χ0v) is 15.5. The van der Waals surface area contributed by atoms with Crippen LogP contribution in [0.3, 0.4) is 0 Å². The van der Waals surface area contributed by atoms with Crippen molar-refractivity contribution in [2.24, 2.45) is 0 Å². The van der Waals surface area contributed by atoms with Crippen molar-refractivity contribution in [3.63, 3.8) is 0 Å². The van der Waals surface area contributed by atoms with Crippen LogP contribution in [0, 0.1) is 5.82 Å². The molecule has 1 heterocycles. The lowest BCUT2D eigenvalue weighted by atomic mass is 9.87. The van der Waals surface area contributed by atoms with Gasteiger partial charge >= 0.3 is 0 Å². The number of carbonyl (C=O) groups excluding carboxylic acids is 1. The van der Waals surface area contributed by atoms with Crippen molar-refractivity contribution < 1.29 is 9.18 Å². The van der Waals surface area contributed by atoms with Crippen molar-refractivity contribution in [3.05, 3.63) is 77.9 Å². The lowest BCUT2D eigenvalue weighted by Crippen LogP contribution is -2.14. The van der Waals surface area contributed by atoms with Crippen molar-refractivity contribution in [1.29, 1.82) is 0 Å². The van der Waals surface area contributed by atoms with E-state index >= 15 is 0 Å². The fraction of sp³-hybridized carbons (Fsp3) is 0.190. The Kier molecular flexibility index (Phi) is 5.16. The predicted octanol–water partition coefficient (Wildman–Crippen LogP) is 4.91. The molecule has 0 saturated heterocycles. The van der Waals surface area contributed by atoms with E-state index in [4.69, 9.17) is 0 Å². The highest BCUT2D eigenvalue weighted by Gasteiger charge is 2.13. The number of rotatable bonds is 4. The van der Waals surface area contributed by atoms with E-state index in [2.05, 4.69) is 41.4 Å². The van der Waals surface area contributed by atoms with E-state index in [1.807, 2.05) is 24.3 Å². The van der Waals surface area contributed by atoms with Crippen LogP contribution in [-0.2, 0) is 5.41 Å². The number of nitrogens with zero attached hydrogens (tertiary/aromatic N) is 2. The topological polar surface area (TPSA) is 66.9 Å². The molecule has 0 aliphatic heterocycles. The molecule has 0 radical (unpaired) electrons. The molecule has 0 bridgehead atoms. The molecule has 27 heavy (non-hydrogen) atoms. The summed E-state index contributed by atoms with van der Waals surface area (Å²) in [6, 6.07) is 13.6. The first-order chi connectivity index (χ1) is 12.8. The van der Waals surface area contributed by atoms with Gasteiger partial charge in [-0.25, -0.2) is 14.4 Å². The summed E-state index contributed by atoms with van der Waals surface area (Å²) in [5.74, 6) is -0.274. The summed E-state index contributed by atoms with van der Waals surface area (Å²) < 4.78 is 12.9. The van der Waals surface area contributed by atoms with E-state index in [1.54, 1.807) is 12.1 Å². The minimum Gasteiger partial charge on any atom is -0.324 e. The van der Waals surface area contributed by atoms with Crippen LogP contribution in [0.4, 0.5) is 21.7 Å². The van der Waals surface area contributed by atoms with Crippen molar-refractivity contribution in [2.45, 2.75) is 26.2 Å². The first-order valence-electron chi connectivity index (χ1n) is 8.58. The number of benzene rings is 2. The molecular formula is C21H21FN4O. The maximum Gasteiger partial charge on any atom is 0.258 e. The molecule has 0 saturated carbocycles. The van der Waals surface area contributed by atoms with Crippen LogP contribution < -0.4 is 10.6 Å². The second kappa shape index (κ2) is 7.53. The van der Waals surface area contributed by atoms with Gasteiger partial charge in [0.15, 0.2) is 0 Å². The molecule has 0 spiro atoms. The molecule has 0 atom stereocenters. The highest BCUT2D eigenvalue weighted by Crippen LogP contribution is 2.23. The number of carbonyl (C=O) groups is 1. The van der Waals surface area contributed by atoms with Crippen LogP contribution in [0.1, 0.15) is 36.7 Å². The summed E-state index contributed by atoms with van der Waals surface area (Å²) in [6.45, 7) is 6.42. The van der Waals surface area contributed by atoms with Gasteiger partial charge in [0.1, 0.15) is 5.82 Å². The summed E-state index contributed by atoms with van der Waals surface area (Å²) in [6.07, 6.45) is 2.88. The predicted molar refractivity (Wildman–Crippen MR) is 105 cm³/mol. The summed E-state index contributed by atoms with van der Waals surface area (Å²) in [5, 5.41) is 5.78. The molecule has 3 aromatic rings. The van der Waals surface area contributed by atoms with Crippen LogP contribution in [0.5, 0.6) is 0 Å². The zero-order chi connectivity index (χ0) is 19.4. The standard InChI is InChI=1S/C21H21FN4O/c1-21(2,3)15-4-8-17(9-5-15)25-19(27)14-12-23-20(24-13-14)26-18-10-6-16(22)7-11-18/h4-13H,1-3H3,(H,25,27)(H,23,24,26). The molecule has 2 aromatic carbocycles. The van der Waals surface area contributed by atoms with Crippen LogP contribution in [0.25, 0.3) is 0 Å². The highest BCUT2D eigenvalue weighted by atomic mass is 19.1. The van der Waals surface area contributed by atoms with E-state index in [-0.39, 0.29) is 17.1 Å². The van der Waals surface area contributed by atoms with Crippen LogP contribution >= 0.6 is 0 Å². The number of nitrogens with one attached hydrogen (secondary N) is 2. The summed E-state index contributed by atoms with van der Waals surface area (Å²) in [4.78, 5) is 20.6. The molecule has 5 nitrogen and oxygen atoms in total. The van der Waals surface area contributed by atoms with Crippen molar-refractivity contribution in [1.82, 2.24) is 9.97 Å². The second-order valence-electron chi connectivity index (χ2n) is 7.21. The van der Waals surface area contributed by atoms with Gasteiger partial charge < -0.3 is 10.6 Å². The fourth-order valence-electron chi connectivity index (χ4n) is 2.43. The molecule has 0 fully saturated rings. The second-order valence-corrected chi connectivity index (χ2v) is 7.21. The molecule has 0 aliphatic rings. The fourth-order valence-corrected chi connectivity index (χ4v) is 2.43. The highest BCUT2D eigenvalue weighted by molar-refractivity contribution is 6.03. The molecule has 1 amide bonds. The number of hydrogen-bond acceptors (Lipinski definition) is 4. The van der Waals surface area contributed by atoms with Crippen molar-refractivity contribution >= 4 is 23.2 Å². The van der Waals surface area contributed by atoms with E-state index in [9.17, 15) is 9.18 Å². The first kappa shape index (κ1) is 18.5. The van der Waals surface area contributed by atoms with Gasteiger partial charge in [0.2, 0.25) is 5.95 Å². The monoisotopic (exact) mass is 364 g/mol. The Bertz CT molecular complexity index is 914. The minimum atomic E-state index is -0.316. The SMILES string of the molecule is CC(C)(C)c1ccc(NC(=O)c2cnc(Nc3ccc(F)cc3)nc2)cc1. The Labute approximate surface area is 157 Å². The first-order valence-corrected chi connectivity index (χ1v) is 8.58. The summed E-state index contributed by atoms with van der Waals surface area (Å²) >= 11 is 0. The summed E-state index contributed by atoms with van der Waals surface area (Å²) in [5.41, 5.74) is 2.97. The van der Waals surface area contributed by atoms with E-state index in [1.165, 1.54) is 30.1 Å². The van der Waals surface area contributed by atoms with Gasteiger partial charge in [0.05, 0.1) is 5.56 Å². The Morgan fingerprint density at radius 1 is 0.889 bits per heavy atom.